The standard InChI is InChI=1S/C23H33N3O3.HI/c1-5-24-23(26-16-21(27)19-9-6-17(2)7-10-19)25-15-20-11-8-18(3)14-22(20)29-13-12-28-4;/h6-11,14,21,27H,5,12-13,15-16H2,1-4H3,(H2,24,25,26);1H. The Morgan fingerprint density at radius 3 is 2.40 bits per heavy atom. The summed E-state index contributed by atoms with van der Waals surface area (Å²) >= 11 is 0. The van der Waals surface area contributed by atoms with E-state index in [1.54, 1.807) is 7.11 Å². The molecule has 0 aliphatic carbocycles. The highest BCUT2D eigenvalue weighted by atomic mass is 127. The molecule has 2 rings (SSSR count). The Morgan fingerprint density at radius 1 is 1.03 bits per heavy atom. The highest BCUT2D eigenvalue weighted by molar-refractivity contribution is 14.0. The molecule has 0 saturated carbocycles. The number of hydrogen-bond donors (Lipinski definition) is 3. The van der Waals surface area contributed by atoms with Crippen LogP contribution in [0.15, 0.2) is 47.5 Å². The van der Waals surface area contributed by atoms with E-state index >= 15 is 0 Å². The highest BCUT2D eigenvalue weighted by Crippen LogP contribution is 2.21. The van der Waals surface area contributed by atoms with Crippen molar-refractivity contribution in [2.24, 2.45) is 4.99 Å². The molecule has 6 nitrogen and oxygen atoms in total. The molecule has 0 aliphatic heterocycles. The maximum atomic E-state index is 10.4. The molecule has 0 amide bonds. The second kappa shape index (κ2) is 14.2. The second-order valence-electron chi connectivity index (χ2n) is 6.95. The monoisotopic (exact) mass is 527 g/mol. The van der Waals surface area contributed by atoms with Crippen molar-refractivity contribution < 1.29 is 14.6 Å². The molecular weight excluding hydrogens is 493 g/mol. The van der Waals surface area contributed by atoms with E-state index in [1.807, 2.05) is 57.2 Å². The first kappa shape index (κ1) is 26.2. The van der Waals surface area contributed by atoms with Gasteiger partial charge in [-0.25, -0.2) is 4.99 Å². The Kier molecular flexibility index (Phi) is 12.4. The van der Waals surface area contributed by atoms with Gasteiger partial charge in [-0.15, -0.1) is 24.0 Å². The number of nitrogens with zero attached hydrogens (tertiary/aromatic N) is 1. The van der Waals surface area contributed by atoms with Crippen molar-refractivity contribution in [3.63, 3.8) is 0 Å². The number of halogens is 1. The molecule has 1 unspecified atom stereocenters. The van der Waals surface area contributed by atoms with Gasteiger partial charge in [0.25, 0.3) is 0 Å². The second-order valence-corrected chi connectivity index (χ2v) is 6.95. The summed E-state index contributed by atoms with van der Waals surface area (Å²) in [6.45, 7) is 8.70. The molecule has 3 N–H and O–H groups in total. The Bertz CT molecular complexity index is 782. The summed E-state index contributed by atoms with van der Waals surface area (Å²) < 4.78 is 10.9. The van der Waals surface area contributed by atoms with Crippen molar-refractivity contribution in [2.45, 2.75) is 33.4 Å². The minimum atomic E-state index is -0.605. The molecule has 0 heterocycles. The predicted octanol–water partition coefficient (Wildman–Crippen LogP) is 3.74. The maximum Gasteiger partial charge on any atom is 0.191 e. The fourth-order valence-electron chi connectivity index (χ4n) is 2.77. The highest BCUT2D eigenvalue weighted by Gasteiger charge is 2.09. The van der Waals surface area contributed by atoms with Crippen molar-refractivity contribution in [1.82, 2.24) is 10.6 Å². The number of rotatable bonds is 10. The zero-order valence-electron chi connectivity index (χ0n) is 18.3. The summed E-state index contributed by atoms with van der Waals surface area (Å²) in [5.74, 6) is 1.48. The van der Waals surface area contributed by atoms with E-state index in [0.717, 1.165) is 29.0 Å². The van der Waals surface area contributed by atoms with Crippen LogP contribution in [0.3, 0.4) is 0 Å². The van der Waals surface area contributed by atoms with E-state index in [2.05, 4.69) is 21.7 Å². The molecule has 0 saturated heterocycles. The number of ether oxygens (including phenoxy) is 2. The summed E-state index contributed by atoms with van der Waals surface area (Å²) in [4.78, 5) is 4.65. The SMILES string of the molecule is CCNC(=NCc1ccc(C)cc1OCCOC)NCC(O)c1ccc(C)cc1.I. The fraction of sp³-hybridized carbons (Fsp3) is 0.435. The normalized spacial score (nSPS) is 12.1. The smallest absolute Gasteiger partial charge is 0.191 e. The van der Waals surface area contributed by atoms with Crippen LogP contribution in [0.5, 0.6) is 5.75 Å². The largest absolute Gasteiger partial charge is 0.491 e. The molecule has 30 heavy (non-hydrogen) atoms. The van der Waals surface area contributed by atoms with E-state index in [4.69, 9.17) is 9.47 Å². The zero-order valence-corrected chi connectivity index (χ0v) is 20.6. The first-order chi connectivity index (χ1) is 14.0. The van der Waals surface area contributed by atoms with Crippen molar-refractivity contribution in [1.29, 1.82) is 0 Å². The van der Waals surface area contributed by atoms with E-state index in [0.29, 0.717) is 32.3 Å². The van der Waals surface area contributed by atoms with Gasteiger partial charge in [-0.3, -0.25) is 0 Å². The summed E-state index contributed by atoms with van der Waals surface area (Å²) in [7, 11) is 1.66. The van der Waals surface area contributed by atoms with Gasteiger partial charge in [-0.05, 0) is 38.0 Å². The minimum absolute atomic E-state index is 0. The van der Waals surface area contributed by atoms with Crippen LogP contribution >= 0.6 is 24.0 Å². The van der Waals surface area contributed by atoms with Crippen molar-refractivity contribution >= 4 is 29.9 Å². The summed E-state index contributed by atoms with van der Waals surface area (Å²) in [5, 5.41) is 16.9. The van der Waals surface area contributed by atoms with Crippen LogP contribution in [0, 0.1) is 13.8 Å². The van der Waals surface area contributed by atoms with Crippen LogP contribution < -0.4 is 15.4 Å². The van der Waals surface area contributed by atoms with Gasteiger partial charge in [0.2, 0.25) is 0 Å². The van der Waals surface area contributed by atoms with Gasteiger partial charge in [0.05, 0.1) is 19.3 Å². The summed E-state index contributed by atoms with van der Waals surface area (Å²) in [6, 6.07) is 14.0. The zero-order chi connectivity index (χ0) is 21.1. The molecule has 0 fully saturated rings. The van der Waals surface area contributed by atoms with Crippen molar-refractivity contribution in [3.05, 3.63) is 64.7 Å². The van der Waals surface area contributed by atoms with Gasteiger partial charge in [-0.1, -0.05) is 42.0 Å². The molecule has 0 bridgehead atoms. The van der Waals surface area contributed by atoms with Crippen LogP contribution in [0.1, 0.15) is 35.3 Å². The van der Waals surface area contributed by atoms with E-state index < -0.39 is 6.10 Å². The number of guanidine groups is 1. The van der Waals surface area contributed by atoms with Gasteiger partial charge >= 0.3 is 0 Å². The predicted molar refractivity (Wildman–Crippen MR) is 133 cm³/mol. The van der Waals surface area contributed by atoms with Gasteiger partial charge in [0.15, 0.2) is 5.96 Å². The summed E-state index contributed by atoms with van der Waals surface area (Å²) in [5.41, 5.74) is 4.19. The van der Waals surface area contributed by atoms with Crippen LogP contribution in [-0.4, -0.2) is 44.5 Å². The number of benzene rings is 2. The molecule has 166 valence electrons. The van der Waals surface area contributed by atoms with Crippen LogP contribution in [0.25, 0.3) is 0 Å². The first-order valence-electron chi connectivity index (χ1n) is 10.0. The minimum Gasteiger partial charge on any atom is -0.491 e. The van der Waals surface area contributed by atoms with Gasteiger partial charge in [0.1, 0.15) is 12.4 Å². The third-order valence-corrected chi connectivity index (χ3v) is 4.44. The number of aryl methyl sites for hydroxylation is 2. The lowest BCUT2D eigenvalue weighted by Crippen LogP contribution is -2.39. The fourth-order valence-corrected chi connectivity index (χ4v) is 2.77. The quantitative estimate of drug-likeness (QED) is 0.190. The van der Waals surface area contributed by atoms with E-state index in [9.17, 15) is 5.11 Å². The lowest BCUT2D eigenvalue weighted by Gasteiger charge is -2.16. The van der Waals surface area contributed by atoms with Crippen LogP contribution in [-0.2, 0) is 11.3 Å². The Labute approximate surface area is 197 Å². The molecule has 0 aliphatic rings. The molecule has 7 heteroatoms. The number of nitrogens with one attached hydrogen (secondary N) is 2. The Hall–Kier alpha value is -1.84. The third kappa shape index (κ3) is 8.89. The van der Waals surface area contributed by atoms with E-state index in [-0.39, 0.29) is 24.0 Å². The molecule has 0 aromatic heterocycles. The number of aliphatic hydroxyl groups is 1. The third-order valence-electron chi connectivity index (χ3n) is 4.44. The van der Waals surface area contributed by atoms with Crippen LogP contribution in [0.2, 0.25) is 0 Å². The molecule has 2 aromatic carbocycles. The first-order valence-corrected chi connectivity index (χ1v) is 10.0. The number of hydrogen-bond acceptors (Lipinski definition) is 4. The Balaban J connectivity index is 0.00000450. The number of methoxy groups -OCH3 is 1. The lowest BCUT2D eigenvalue weighted by molar-refractivity contribution is 0.145. The Morgan fingerprint density at radius 2 is 1.73 bits per heavy atom. The van der Waals surface area contributed by atoms with Gasteiger partial charge < -0.3 is 25.2 Å². The molecule has 1 atom stereocenters. The maximum absolute atomic E-state index is 10.4. The van der Waals surface area contributed by atoms with E-state index in [1.165, 1.54) is 5.56 Å². The topological polar surface area (TPSA) is 75.1 Å². The lowest BCUT2D eigenvalue weighted by atomic mass is 10.1. The van der Waals surface area contributed by atoms with Crippen LogP contribution in [0.4, 0.5) is 0 Å². The molecule has 2 aromatic rings. The van der Waals surface area contributed by atoms with Crippen molar-refractivity contribution in [2.75, 3.05) is 33.4 Å². The van der Waals surface area contributed by atoms with Gasteiger partial charge in [0, 0.05) is 25.8 Å². The summed E-state index contributed by atoms with van der Waals surface area (Å²) in [6.07, 6.45) is -0.605. The van der Waals surface area contributed by atoms with Gasteiger partial charge in [-0.2, -0.15) is 0 Å². The molecule has 0 radical (unpaired) electrons. The number of aliphatic hydroxyl groups excluding tert-OH is 1. The average molecular weight is 527 g/mol. The average Bonchev–Trinajstić information content (AvgIpc) is 2.71. The van der Waals surface area contributed by atoms with Crippen molar-refractivity contribution in [3.8, 4) is 5.75 Å². The molecular formula is C23H34IN3O3. The number of aliphatic imine (C=N–C) groups is 1. The molecule has 0 spiro atoms.